The van der Waals surface area contributed by atoms with E-state index in [1.165, 1.54) is 11.1 Å². The monoisotopic (exact) mass is 235 g/mol. The van der Waals surface area contributed by atoms with Gasteiger partial charge in [0.15, 0.2) is 0 Å². The Hall–Kier alpha value is -1.22. The Balaban J connectivity index is 2.40. The van der Waals surface area contributed by atoms with Gasteiger partial charge < -0.3 is 9.47 Å². The van der Waals surface area contributed by atoms with E-state index in [0.717, 1.165) is 37.2 Å². The number of rotatable bonds is 4. The molecule has 1 aromatic carbocycles. The van der Waals surface area contributed by atoms with Crippen molar-refractivity contribution >= 4 is 0 Å². The van der Waals surface area contributed by atoms with Gasteiger partial charge in [-0.15, -0.1) is 0 Å². The van der Waals surface area contributed by atoms with Gasteiger partial charge in [0.2, 0.25) is 0 Å². The zero-order valence-corrected chi connectivity index (χ0v) is 10.7. The highest BCUT2D eigenvalue weighted by molar-refractivity contribution is 5.51. The SMILES string of the molecule is CCCc1c(OCN)ccc2c1OC(C)CC2. The number of hydrogen-bond donors (Lipinski definition) is 1. The van der Waals surface area contributed by atoms with Gasteiger partial charge in [-0.2, -0.15) is 0 Å². The van der Waals surface area contributed by atoms with Crippen molar-refractivity contribution in [2.75, 3.05) is 6.73 Å². The molecular formula is C14H21NO2. The molecule has 17 heavy (non-hydrogen) atoms. The molecule has 0 aromatic heterocycles. The van der Waals surface area contributed by atoms with Crippen molar-refractivity contribution in [2.24, 2.45) is 5.73 Å². The third-order valence-electron chi connectivity index (χ3n) is 3.18. The number of nitrogens with two attached hydrogens (primary N) is 1. The zero-order valence-electron chi connectivity index (χ0n) is 10.7. The van der Waals surface area contributed by atoms with Crippen LogP contribution in [0.15, 0.2) is 12.1 Å². The second-order valence-electron chi connectivity index (χ2n) is 4.56. The first kappa shape index (κ1) is 12.2. The molecule has 3 heteroatoms. The Morgan fingerprint density at radius 1 is 1.47 bits per heavy atom. The lowest BCUT2D eigenvalue weighted by Gasteiger charge is -2.26. The van der Waals surface area contributed by atoms with Crippen LogP contribution in [0.4, 0.5) is 0 Å². The van der Waals surface area contributed by atoms with Crippen molar-refractivity contribution in [1.29, 1.82) is 0 Å². The van der Waals surface area contributed by atoms with Crippen molar-refractivity contribution in [3.63, 3.8) is 0 Å². The summed E-state index contributed by atoms with van der Waals surface area (Å²) in [5.74, 6) is 1.92. The molecule has 0 saturated heterocycles. The largest absolute Gasteiger partial charge is 0.490 e. The summed E-state index contributed by atoms with van der Waals surface area (Å²) in [6.07, 6.45) is 4.54. The molecule has 1 heterocycles. The molecule has 0 spiro atoms. The van der Waals surface area contributed by atoms with E-state index in [1.807, 2.05) is 6.07 Å². The Morgan fingerprint density at radius 2 is 2.29 bits per heavy atom. The smallest absolute Gasteiger partial charge is 0.137 e. The first-order valence-corrected chi connectivity index (χ1v) is 6.40. The molecule has 1 atom stereocenters. The third kappa shape index (κ3) is 2.55. The molecule has 3 nitrogen and oxygen atoms in total. The molecule has 0 bridgehead atoms. The minimum atomic E-state index is 0.213. The number of hydrogen-bond acceptors (Lipinski definition) is 3. The Labute approximate surface area is 103 Å². The Morgan fingerprint density at radius 3 is 3.00 bits per heavy atom. The average molecular weight is 235 g/mol. The van der Waals surface area contributed by atoms with Gasteiger partial charge in [0, 0.05) is 5.56 Å². The maximum Gasteiger partial charge on any atom is 0.137 e. The van der Waals surface area contributed by atoms with Crippen molar-refractivity contribution in [3.05, 3.63) is 23.3 Å². The summed E-state index contributed by atoms with van der Waals surface area (Å²) in [5.41, 5.74) is 7.95. The van der Waals surface area contributed by atoms with Crippen LogP contribution in [0.3, 0.4) is 0 Å². The maximum atomic E-state index is 5.98. The van der Waals surface area contributed by atoms with Crippen LogP contribution in [0, 0.1) is 0 Å². The van der Waals surface area contributed by atoms with Crippen molar-refractivity contribution in [2.45, 2.75) is 45.6 Å². The normalized spacial score (nSPS) is 18.4. The van der Waals surface area contributed by atoms with Gasteiger partial charge in [0.05, 0.1) is 6.10 Å². The standard InChI is InChI=1S/C14H21NO2/c1-3-4-12-13(16-9-15)8-7-11-6-5-10(2)17-14(11)12/h7-8,10H,3-6,9,15H2,1-2H3. The lowest BCUT2D eigenvalue weighted by molar-refractivity contribution is 0.188. The van der Waals surface area contributed by atoms with E-state index in [2.05, 4.69) is 19.9 Å². The predicted octanol–water partition coefficient (Wildman–Crippen LogP) is 2.65. The van der Waals surface area contributed by atoms with Gasteiger partial charge in [-0.25, -0.2) is 0 Å². The van der Waals surface area contributed by atoms with Crippen molar-refractivity contribution in [3.8, 4) is 11.5 Å². The molecule has 1 aliphatic heterocycles. The van der Waals surface area contributed by atoms with Crippen LogP contribution >= 0.6 is 0 Å². The van der Waals surface area contributed by atoms with Crippen LogP contribution in [0.25, 0.3) is 0 Å². The summed E-state index contributed by atoms with van der Waals surface area (Å²) in [6, 6.07) is 4.13. The van der Waals surface area contributed by atoms with Gasteiger partial charge >= 0.3 is 0 Å². The summed E-state index contributed by atoms with van der Waals surface area (Å²) in [4.78, 5) is 0. The maximum absolute atomic E-state index is 5.98. The van der Waals surface area contributed by atoms with Crippen molar-refractivity contribution in [1.82, 2.24) is 0 Å². The molecule has 0 radical (unpaired) electrons. The van der Waals surface area contributed by atoms with E-state index in [9.17, 15) is 0 Å². The lowest BCUT2D eigenvalue weighted by atomic mass is 9.97. The summed E-state index contributed by atoms with van der Waals surface area (Å²) in [5, 5.41) is 0. The minimum absolute atomic E-state index is 0.213. The minimum Gasteiger partial charge on any atom is -0.490 e. The van der Waals surface area contributed by atoms with Crippen LogP contribution < -0.4 is 15.2 Å². The number of aryl methyl sites for hydroxylation is 1. The van der Waals surface area contributed by atoms with E-state index >= 15 is 0 Å². The van der Waals surface area contributed by atoms with Crippen LogP contribution in [-0.2, 0) is 12.8 Å². The molecule has 2 N–H and O–H groups in total. The highest BCUT2D eigenvalue weighted by Gasteiger charge is 2.21. The Kier molecular flexibility index (Phi) is 3.89. The van der Waals surface area contributed by atoms with E-state index in [4.69, 9.17) is 15.2 Å². The highest BCUT2D eigenvalue weighted by atomic mass is 16.5. The number of fused-ring (bicyclic) bond motifs is 1. The molecule has 0 aliphatic carbocycles. The molecule has 1 aromatic rings. The first-order chi connectivity index (χ1) is 8.26. The molecular weight excluding hydrogens is 214 g/mol. The fourth-order valence-corrected chi connectivity index (χ4v) is 2.33. The molecule has 0 saturated carbocycles. The predicted molar refractivity (Wildman–Crippen MR) is 68.5 cm³/mol. The second kappa shape index (κ2) is 5.41. The number of benzene rings is 1. The van der Waals surface area contributed by atoms with Gasteiger partial charge in [0.1, 0.15) is 18.2 Å². The topological polar surface area (TPSA) is 44.5 Å². The van der Waals surface area contributed by atoms with Gasteiger partial charge in [-0.3, -0.25) is 5.73 Å². The molecule has 94 valence electrons. The second-order valence-corrected chi connectivity index (χ2v) is 4.56. The summed E-state index contributed by atoms with van der Waals surface area (Å²) in [6.45, 7) is 4.50. The van der Waals surface area contributed by atoms with Crippen molar-refractivity contribution < 1.29 is 9.47 Å². The van der Waals surface area contributed by atoms with E-state index < -0.39 is 0 Å². The lowest BCUT2D eigenvalue weighted by Crippen LogP contribution is -2.20. The molecule has 2 rings (SSSR count). The fourth-order valence-electron chi connectivity index (χ4n) is 2.33. The fraction of sp³-hybridized carbons (Fsp3) is 0.571. The summed E-state index contributed by atoms with van der Waals surface area (Å²) in [7, 11) is 0. The summed E-state index contributed by atoms with van der Waals surface area (Å²) < 4.78 is 11.5. The van der Waals surface area contributed by atoms with E-state index in [1.54, 1.807) is 0 Å². The summed E-state index contributed by atoms with van der Waals surface area (Å²) >= 11 is 0. The molecule has 1 aliphatic rings. The van der Waals surface area contributed by atoms with Gasteiger partial charge in [-0.1, -0.05) is 19.4 Å². The molecule has 0 fully saturated rings. The quantitative estimate of drug-likeness (QED) is 0.816. The van der Waals surface area contributed by atoms with Gasteiger partial charge in [0.25, 0.3) is 0 Å². The average Bonchev–Trinajstić information content (AvgIpc) is 2.33. The molecule has 0 amide bonds. The Bertz CT molecular complexity index is 390. The van der Waals surface area contributed by atoms with Crippen LogP contribution in [0.2, 0.25) is 0 Å². The van der Waals surface area contributed by atoms with Crippen LogP contribution in [0.5, 0.6) is 11.5 Å². The molecule has 1 unspecified atom stereocenters. The zero-order chi connectivity index (χ0) is 12.3. The van der Waals surface area contributed by atoms with Crippen LogP contribution in [0.1, 0.15) is 37.8 Å². The van der Waals surface area contributed by atoms with Gasteiger partial charge in [-0.05, 0) is 37.8 Å². The van der Waals surface area contributed by atoms with E-state index in [-0.39, 0.29) is 6.73 Å². The number of ether oxygens (including phenoxy) is 2. The first-order valence-electron chi connectivity index (χ1n) is 6.40. The highest BCUT2D eigenvalue weighted by Crippen LogP contribution is 2.37. The van der Waals surface area contributed by atoms with Crippen LogP contribution in [-0.4, -0.2) is 12.8 Å². The third-order valence-corrected chi connectivity index (χ3v) is 3.18. The van der Waals surface area contributed by atoms with E-state index in [0.29, 0.717) is 6.10 Å².